The first-order chi connectivity index (χ1) is 6.80. The van der Waals surface area contributed by atoms with E-state index in [0.717, 1.165) is 25.9 Å². The number of rotatable bonds is 0. The van der Waals surface area contributed by atoms with Crippen LogP contribution in [0.3, 0.4) is 0 Å². The molecule has 0 bridgehead atoms. The minimum atomic E-state index is -0.386. The molecule has 1 aliphatic carbocycles. The van der Waals surface area contributed by atoms with Crippen LogP contribution in [0.5, 0.6) is 0 Å². The normalized spacial score (nSPS) is 23.4. The molecule has 0 aromatic heterocycles. The first-order valence-electron chi connectivity index (χ1n) is 5.44. The summed E-state index contributed by atoms with van der Waals surface area (Å²) < 4.78 is 5.29. The van der Waals surface area contributed by atoms with Crippen LogP contribution in [0.15, 0.2) is 12.2 Å². The number of carbonyl (C=O) groups is 1. The quantitative estimate of drug-likeness (QED) is 0.574. The molecule has 1 aliphatic heterocycles. The molecule has 0 radical (unpaired) electrons. The van der Waals surface area contributed by atoms with Crippen LogP contribution in [0.25, 0.3) is 0 Å². The monoisotopic (exact) mass is 209 g/mol. The third-order valence-corrected chi connectivity index (χ3v) is 2.95. The highest BCUT2D eigenvalue weighted by Crippen LogP contribution is 2.50. The summed E-state index contributed by atoms with van der Waals surface area (Å²) in [5.74, 6) is 0. The molecule has 3 nitrogen and oxygen atoms in total. The van der Waals surface area contributed by atoms with Gasteiger partial charge in [0.05, 0.1) is 0 Å². The van der Waals surface area contributed by atoms with Gasteiger partial charge >= 0.3 is 6.09 Å². The lowest BCUT2D eigenvalue weighted by Gasteiger charge is -2.56. The zero-order chi connectivity index (χ0) is 11.3. The van der Waals surface area contributed by atoms with E-state index in [1.54, 1.807) is 4.90 Å². The van der Waals surface area contributed by atoms with Gasteiger partial charge in [-0.2, -0.15) is 0 Å². The number of ether oxygens (including phenoxy) is 1. The topological polar surface area (TPSA) is 29.5 Å². The van der Waals surface area contributed by atoms with Crippen molar-refractivity contribution < 1.29 is 9.53 Å². The van der Waals surface area contributed by atoms with Crippen molar-refractivity contribution >= 4 is 6.09 Å². The van der Waals surface area contributed by atoms with Crippen LogP contribution in [0, 0.1) is 5.41 Å². The Balaban J connectivity index is 1.80. The molecular formula is C12H19NO2. The van der Waals surface area contributed by atoms with Gasteiger partial charge in [0.1, 0.15) is 5.60 Å². The standard InChI is InChI=1S/C12H19NO2/c1-9-5-12(6-9)7-13(8-12)10(14)15-11(2,3)4/h1,5-8H2,2-4H3. The van der Waals surface area contributed by atoms with Gasteiger partial charge in [0.15, 0.2) is 0 Å². The van der Waals surface area contributed by atoms with Crippen molar-refractivity contribution in [3.63, 3.8) is 0 Å². The third kappa shape index (κ3) is 2.01. The maximum absolute atomic E-state index is 11.6. The van der Waals surface area contributed by atoms with Crippen LogP contribution in [-0.2, 0) is 4.74 Å². The van der Waals surface area contributed by atoms with E-state index in [-0.39, 0.29) is 11.7 Å². The van der Waals surface area contributed by atoms with E-state index in [1.807, 2.05) is 20.8 Å². The van der Waals surface area contributed by atoms with Crippen LogP contribution >= 0.6 is 0 Å². The van der Waals surface area contributed by atoms with Crippen LogP contribution in [0.4, 0.5) is 4.79 Å². The van der Waals surface area contributed by atoms with Crippen LogP contribution in [0.1, 0.15) is 33.6 Å². The van der Waals surface area contributed by atoms with Gasteiger partial charge in [-0.1, -0.05) is 12.2 Å². The molecule has 1 saturated carbocycles. The van der Waals surface area contributed by atoms with Gasteiger partial charge in [-0.3, -0.25) is 0 Å². The average molecular weight is 209 g/mol. The Morgan fingerprint density at radius 3 is 2.33 bits per heavy atom. The zero-order valence-electron chi connectivity index (χ0n) is 9.80. The van der Waals surface area contributed by atoms with E-state index in [1.165, 1.54) is 5.57 Å². The van der Waals surface area contributed by atoms with Crippen LogP contribution < -0.4 is 0 Å². The molecule has 0 unspecified atom stereocenters. The maximum atomic E-state index is 11.6. The lowest BCUT2D eigenvalue weighted by molar-refractivity contribution is -0.0501. The van der Waals surface area contributed by atoms with E-state index >= 15 is 0 Å². The summed E-state index contributed by atoms with van der Waals surface area (Å²) in [6.07, 6.45) is 2.00. The summed E-state index contributed by atoms with van der Waals surface area (Å²) in [6.45, 7) is 11.3. The lowest BCUT2D eigenvalue weighted by atomic mass is 9.61. The Morgan fingerprint density at radius 1 is 1.40 bits per heavy atom. The molecule has 0 N–H and O–H groups in total. The molecule has 1 saturated heterocycles. The molecule has 1 amide bonds. The second-order valence-corrected chi connectivity index (χ2v) is 5.94. The molecule has 2 rings (SSSR count). The first-order valence-corrected chi connectivity index (χ1v) is 5.44. The second kappa shape index (κ2) is 3.00. The molecule has 0 aromatic rings. The number of likely N-dealkylation sites (tertiary alicyclic amines) is 1. The molecule has 15 heavy (non-hydrogen) atoms. The van der Waals surface area contributed by atoms with E-state index in [4.69, 9.17) is 4.74 Å². The van der Waals surface area contributed by atoms with E-state index < -0.39 is 0 Å². The summed E-state index contributed by atoms with van der Waals surface area (Å²) in [6, 6.07) is 0. The van der Waals surface area contributed by atoms with Crippen molar-refractivity contribution in [1.29, 1.82) is 0 Å². The van der Waals surface area contributed by atoms with E-state index in [2.05, 4.69) is 6.58 Å². The van der Waals surface area contributed by atoms with Crippen molar-refractivity contribution in [2.24, 2.45) is 5.41 Å². The molecule has 3 heteroatoms. The van der Waals surface area contributed by atoms with Gasteiger partial charge in [0.2, 0.25) is 0 Å². The number of allylic oxidation sites excluding steroid dienone is 1. The van der Waals surface area contributed by atoms with E-state index in [9.17, 15) is 4.79 Å². The molecule has 2 aliphatic rings. The van der Waals surface area contributed by atoms with Crippen LogP contribution in [-0.4, -0.2) is 29.7 Å². The van der Waals surface area contributed by atoms with Crippen molar-refractivity contribution in [2.45, 2.75) is 39.2 Å². The molecule has 2 fully saturated rings. The smallest absolute Gasteiger partial charge is 0.410 e. The van der Waals surface area contributed by atoms with Gasteiger partial charge in [0.25, 0.3) is 0 Å². The summed E-state index contributed by atoms with van der Waals surface area (Å²) >= 11 is 0. The summed E-state index contributed by atoms with van der Waals surface area (Å²) in [4.78, 5) is 13.4. The van der Waals surface area contributed by atoms with Crippen molar-refractivity contribution in [3.8, 4) is 0 Å². The Kier molecular flexibility index (Phi) is 2.11. The Labute approximate surface area is 91.1 Å². The number of hydrogen-bond donors (Lipinski definition) is 0. The highest BCUT2D eigenvalue weighted by Gasteiger charge is 2.51. The van der Waals surface area contributed by atoms with Crippen LogP contribution in [0.2, 0.25) is 0 Å². The van der Waals surface area contributed by atoms with Gasteiger partial charge in [0, 0.05) is 18.5 Å². The molecule has 1 spiro atoms. The Hall–Kier alpha value is -0.990. The third-order valence-electron chi connectivity index (χ3n) is 2.95. The Bertz CT molecular complexity index is 298. The fourth-order valence-corrected chi connectivity index (χ4v) is 2.45. The second-order valence-electron chi connectivity index (χ2n) is 5.94. The summed E-state index contributed by atoms with van der Waals surface area (Å²) in [7, 11) is 0. The highest BCUT2D eigenvalue weighted by molar-refractivity contribution is 5.69. The molecule has 0 aromatic carbocycles. The van der Waals surface area contributed by atoms with Gasteiger partial charge < -0.3 is 9.64 Å². The lowest BCUT2D eigenvalue weighted by Crippen LogP contribution is -2.62. The van der Waals surface area contributed by atoms with Crippen molar-refractivity contribution in [1.82, 2.24) is 4.90 Å². The summed E-state index contributed by atoms with van der Waals surface area (Å²) in [5, 5.41) is 0. The van der Waals surface area contributed by atoms with Crippen molar-refractivity contribution in [2.75, 3.05) is 13.1 Å². The largest absolute Gasteiger partial charge is 0.444 e. The molecule has 0 atom stereocenters. The number of amides is 1. The highest BCUT2D eigenvalue weighted by atomic mass is 16.6. The SMILES string of the molecule is C=C1CC2(C1)CN(C(=O)OC(C)(C)C)C2. The number of carbonyl (C=O) groups excluding carboxylic acids is 1. The maximum Gasteiger partial charge on any atom is 0.410 e. The minimum Gasteiger partial charge on any atom is -0.444 e. The number of hydrogen-bond acceptors (Lipinski definition) is 2. The fraction of sp³-hybridized carbons (Fsp3) is 0.750. The number of nitrogens with zero attached hydrogens (tertiary/aromatic N) is 1. The predicted octanol–water partition coefficient (Wildman–Crippen LogP) is 2.57. The van der Waals surface area contributed by atoms with E-state index in [0.29, 0.717) is 5.41 Å². The zero-order valence-corrected chi connectivity index (χ0v) is 9.80. The van der Waals surface area contributed by atoms with Crippen molar-refractivity contribution in [3.05, 3.63) is 12.2 Å². The molecule has 1 heterocycles. The van der Waals surface area contributed by atoms with Gasteiger partial charge in [-0.05, 0) is 33.6 Å². The first kappa shape index (κ1) is 10.5. The fourth-order valence-electron chi connectivity index (χ4n) is 2.45. The van der Waals surface area contributed by atoms with Gasteiger partial charge in [-0.25, -0.2) is 4.79 Å². The Morgan fingerprint density at radius 2 is 1.93 bits per heavy atom. The predicted molar refractivity (Wildman–Crippen MR) is 58.6 cm³/mol. The molecular weight excluding hydrogens is 190 g/mol. The molecule has 84 valence electrons. The van der Waals surface area contributed by atoms with Gasteiger partial charge in [-0.15, -0.1) is 0 Å². The minimum absolute atomic E-state index is 0.175. The summed E-state index contributed by atoms with van der Waals surface area (Å²) in [5.41, 5.74) is 1.30. The average Bonchev–Trinajstić information content (AvgIpc) is 1.89.